The van der Waals surface area contributed by atoms with Gasteiger partial charge >= 0.3 is 0 Å². The first-order chi connectivity index (χ1) is 7.27. The minimum Gasteiger partial charge on any atom is -0.457 e. The van der Waals surface area contributed by atoms with Gasteiger partial charge in [0.1, 0.15) is 0 Å². The van der Waals surface area contributed by atoms with Gasteiger partial charge in [-0.15, -0.1) is 0 Å². The molecule has 1 N–H and O–H groups in total. The van der Waals surface area contributed by atoms with Crippen LogP contribution in [0.5, 0.6) is 0 Å². The lowest BCUT2D eigenvalue weighted by Crippen LogP contribution is -2.12. The molecule has 0 fully saturated rings. The van der Waals surface area contributed by atoms with E-state index in [1.165, 1.54) is 24.9 Å². The minimum atomic E-state index is -0.295. The van der Waals surface area contributed by atoms with Gasteiger partial charge in [0.05, 0.1) is 18.0 Å². The fraction of sp³-hybridized carbons (Fsp3) is 0. The van der Waals surface area contributed by atoms with Gasteiger partial charge < -0.3 is 9.73 Å². The zero-order chi connectivity index (χ0) is 10.7. The summed E-state index contributed by atoms with van der Waals surface area (Å²) < 4.78 is 5.34. The van der Waals surface area contributed by atoms with Crippen molar-refractivity contribution < 1.29 is 9.21 Å². The Balaban J connectivity index is 2.15. The molecule has 0 spiro atoms. The number of amides is 1. The molecule has 0 aromatic carbocycles. The van der Waals surface area contributed by atoms with E-state index in [1.54, 1.807) is 6.07 Å². The number of nitrogens with zero attached hydrogens (tertiary/aromatic N) is 2. The van der Waals surface area contributed by atoms with Crippen LogP contribution in [0.25, 0.3) is 0 Å². The molecule has 15 heavy (non-hydrogen) atoms. The minimum absolute atomic E-state index is 0.295. The average molecular weight is 268 g/mol. The third-order valence-corrected chi connectivity index (χ3v) is 2.28. The van der Waals surface area contributed by atoms with Crippen LogP contribution in [0.2, 0.25) is 0 Å². The van der Waals surface area contributed by atoms with Gasteiger partial charge in [-0.3, -0.25) is 9.78 Å². The third-order valence-electron chi connectivity index (χ3n) is 1.67. The maximum atomic E-state index is 11.6. The molecule has 76 valence electrons. The molecule has 0 aliphatic rings. The van der Waals surface area contributed by atoms with Crippen molar-refractivity contribution in [3.05, 3.63) is 41.2 Å². The van der Waals surface area contributed by atoms with E-state index in [9.17, 15) is 4.79 Å². The van der Waals surface area contributed by atoms with Gasteiger partial charge in [0.2, 0.25) is 0 Å². The van der Waals surface area contributed by atoms with E-state index in [4.69, 9.17) is 4.42 Å². The molecule has 0 bridgehead atoms. The highest BCUT2D eigenvalue weighted by atomic mass is 79.9. The highest BCUT2D eigenvalue weighted by molar-refractivity contribution is 9.10. The fourth-order valence-electron chi connectivity index (χ4n) is 1.00. The Kier molecular flexibility index (Phi) is 2.77. The van der Waals surface area contributed by atoms with Crippen LogP contribution < -0.4 is 5.32 Å². The number of hydrogen-bond acceptors (Lipinski definition) is 4. The number of carbonyl (C=O) groups excluding carboxylic acids is 1. The van der Waals surface area contributed by atoms with Crippen LogP contribution in [0.1, 0.15) is 10.4 Å². The molecule has 2 aromatic heterocycles. The van der Waals surface area contributed by atoms with E-state index >= 15 is 0 Å². The molecular formula is C9H6BrN3O2. The van der Waals surface area contributed by atoms with E-state index in [1.807, 2.05) is 0 Å². The fourth-order valence-corrected chi connectivity index (χ4v) is 1.42. The van der Waals surface area contributed by atoms with E-state index in [-0.39, 0.29) is 5.91 Å². The summed E-state index contributed by atoms with van der Waals surface area (Å²) in [7, 11) is 0. The van der Waals surface area contributed by atoms with E-state index < -0.39 is 0 Å². The summed E-state index contributed by atoms with van der Waals surface area (Å²) in [6.07, 6.45) is 5.92. The van der Waals surface area contributed by atoms with Crippen molar-refractivity contribution in [3.63, 3.8) is 0 Å². The Bertz CT molecular complexity index is 469. The van der Waals surface area contributed by atoms with Gasteiger partial charge in [0.25, 0.3) is 5.91 Å². The topological polar surface area (TPSA) is 68.0 Å². The maximum absolute atomic E-state index is 11.6. The highest BCUT2D eigenvalue weighted by Crippen LogP contribution is 2.18. The number of hydrogen-bond donors (Lipinski definition) is 1. The number of furan rings is 1. The highest BCUT2D eigenvalue weighted by Gasteiger charge is 2.12. The lowest BCUT2D eigenvalue weighted by Gasteiger charge is -2.00. The number of aromatic nitrogens is 2. The molecular weight excluding hydrogens is 262 g/mol. The number of halogens is 1. The zero-order valence-electron chi connectivity index (χ0n) is 7.48. The van der Waals surface area contributed by atoms with Crippen LogP contribution in [0, 0.1) is 0 Å². The maximum Gasteiger partial charge on any atom is 0.261 e. The molecule has 0 aliphatic carbocycles. The first-order valence-electron chi connectivity index (χ1n) is 4.08. The summed E-state index contributed by atoms with van der Waals surface area (Å²) in [6.45, 7) is 0. The van der Waals surface area contributed by atoms with E-state index in [0.29, 0.717) is 16.1 Å². The lowest BCUT2D eigenvalue weighted by molar-refractivity contribution is 0.102. The summed E-state index contributed by atoms with van der Waals surface area (Å²) in [5, 5.41) is 2.58. The second-order valence-electron chi connectivity index (χ2n) is 2.65. The molecule has 2 rings (SSSR count). The summed E-state index contributed by atoms with van der Waals surface area (Å²) in [5.41, 5.74) is 0.417. The Morgan fingerprint density at radius 3 is 2.93 bits per heavy atom. The number of anilines is 1. The van der Waals surface area contributed by atoms with Crippen LogP contribution in [0.4, 0.5) is 5.82 Å². The Labute approximate surface area is 93.7 Å². The molecule has 0 radical (unpaired) electrons. The smallest absolute Gasteiger partial charge is 0.261 e. The Morgan fingerprint density at radius 1 is 1.47 bits per heavy atom. The standard InChI is InChI=1S/C9H6BrN3O2/c10-8-6(1-4-15-8)9(14)13-7-5-11-2-3-12-7/h1-5H,(H,12,13,14). The van der Waals surface area contributed by atoms with Gasteiger partial charge in [0, 0.05) is 12.4 Å². The zero-order valence-corrected chi connectivity index (χ0v) is 9.06. The summed E-state index contributed by atoms with van der Waals surface area (Å²) in [4.78, 5) is 19.4. The van der Waals surface area contributed by atoms with Gasteiger partial charge in [-0.05, 0) is 22.0 Å². The first-order valence-corrected chi connectivity index (χ1v) is 4.87. The largest absolute Gasteiger partial charge is 0.457 e. The third kappa shape index (κ3) is 2.21. The van der Waals surface area contributed by atoms with Crippen molar-refractivity contribution in [2.24, 2.45) is 0 Å². The average Bonchev–Trinajstić information content (AvgIpc) is 2.66. The lowest BCUT2D eigenvalue weighted by atomic mass is 10.3. The molecule has 0 saturated heterocycles. The summed E-state index contributed by atoms with van der Waals surface area (Å²) >= 11 is 3.12. The van der Waals surface area contributed by atoms with Gasteiger partial charge in [-0.25, -0.2) is 4.98 Å². The molecule has 2 heterocycles. The monoisotopic (exact) mass is 267 g/mol. The molecule has 5 nitrogen and oxygen atoms in total. The number of nitrogens with one attached hydrogen (secondary N) is 1. The summed E-state index contributed by atoms with van der Waals surface area (Å²) in [5.74, 6) is 0.103. The molecule has 2 aromatic rings. The number of carbonyl (C=O) groups is 1. The van der Waals surface area contributed by atoms with Crippen LogP contribution in [0.3, 0.4) is 0 Å². The van der Waals surface area contributed by atoms with Gasteiger partial charge in [0.15, 0.2) is 10.5 Å². The van der Waals surface area contributed by atoms with Gasteiger partial charge in [-0.2, -0.15) is 0 Å². The summed E-state index contributed by atoms with van der Waals surface area (Å²) in [6, 6.07) is 1.57. The van der Waals surface area contributed by atoms with E-state index in [2.05, 4.69) is 31.2 Å². The van der Waals surface area contributed by atoms with Crippen molar-refractivity contribution in [1.29, 1.82) is 0 Å². The SMILES string of the molecule is O=C(Nc1cnccn1)c1ccoc1Br. The van der Waals surface area contributed by atoms with Crippen molar-refractivity contribution in [3.8, 4) is 0 Å². The van der Waals surface area contributed by atoms with Crippen LogP contribution in [-0.2, 0) is 0 Å². The molecule has 0 unspecified atom stereocenters. The molecule has 0 atom stereocenters. The second kappa shape index (κ2) is 4.22. The van der Waals surface area contributed by atoms with Gasteiger partial charge in [-0.1, -0.05) is 0 Å². The molecule has 1 amide bonds. The molecule has 6 heteroatoms. The van der Waals surface area contributed by atoms with Crippen molar-refractivity contribution in [2.45, 2.75) is 0 Å². The van der Waals surface area contributed by atoms with Crippen LogP contribution in [-0.4, -0.2) is 15.9 Å². The van der Waals surface area contributed by atoms with E-state index in [0.717, 1.165) is 0 Å². The second-order valence-corrected chi connectivity index (χ2v) is 3.37. The molecule has 0 saturated carbocycles. The van der Waals surface area contributed by atoms with Crippen LogP contribution >= 0.6 is 15.9 Å². The first kappa shape index (κ1) is 9.85. The normalized spacial score (nSPS) is 9.93. The van der Waals surface area contributed by atoms with Crippen molar-refractivity contribution in [1.82, 2.24) is 9.97 Å². The van der Waals surface area contributed by atoms with Crippen molar-refractivity contribution in [2.75, 3.05) is 5.32 Å². The quantitative estimate of drug-likeness (QED) is 0.905. The van der Waals surface area contributed by atoms with Crippen LogP contribution in [0.15, 0.2) is 40.0 Å². The predicted octanol–water partition coefficient (Wildman–Crippen LogP) is 2.08. The number of rotatable bonds is 2. The Hall–Kier alpha value is -1.69. The Morgan fingerprint density at radius 2 is 2.33 bits per heavy atom. The predicted molar refractivity (Wildman–Crippen MR) is 56.4 cm³/mol. The molecule has 0 aliphatic heterocycles. The van der Waals surface area contributed by atoms with Crippen molar-refractivity contribution >= 4 is 27.7 Å².